The molecule has 5 rings (SSSR count). The molecule has 0 saturated carbocycles. The minimum atomic E-state index is -1.22. The Kier molecular flexibility index (Phi) is 8.15. The number of nitrogens with one attached hydrogen (secondary N) is 2. The first-order chi connectivity index (χ1) is 18.7. The van der Waals surface area contributed by atoms with Crippen LogP contribution < -0.4 is 10.6 Å². The monoisotopic (exact) mass is 558 g/mol. The number of nitrogens with zero attached hydrogens (tertiary/aromatic N) is 2. The summed E-state index contributed by atoms with van der Waals surface area (Å²) in [6.07, 6.45) is -0.130. The number of hydrogen-bond donors (Lipinski definition) is 3. The number of fused-ring (bicyclic) bond motifs is 2. The van der Waals surface area contributed by atoms with Crippen molar-refractivity contribution in [3.63, 3.8) is 0 Å². The first-order valence-electron chi connectivity index (χ1n) is 13.4. The van der Waals surface area contributed by atoms with Gasteiger partial charge in [-0.1, -0.05) is 26.0 Å². The van der Waals surface area contributed by atoms with Gasteiger partial charge in [0.1, 0.15) is 6.04 Å². The van der Waals surface area contributed by atoms with Gasteiger partial charge in [-0.3, -0.25) is 19.3 Å². The minimum absolute atomic E-state index is 0.000398. The second-order valence-electron chi connectivity index (χ2n) is 10.9. The van der Waals surface area contributed by atoms with Gasteiger partial charge in [0.25, 0.3) is 0 Å². The molecule has 11 nitrogen and oxygen atoms in total. The molecular formula is C27H34N4O7S. The first-order valence-corrected chi connectivity index (χ1v) is 14.3. The topological polar surface area (TPSA) is 147 Å². The van der Waals surface area contributed by atoms with Gasteiger partial charge < -0.3 is 25.2 Å². The Morgan fingerprint density at radius 2 is 2.03 bits per heavy atom. The van der Waals surface area contributed by atoms with Gasteiger partial charge in [-0.05, 0) is 43.7 Å². The molecule has 1 aromatic heterocycles. The van der Waals surface area contributed by atoms with Crippen LogP contribution in [0.2, 0.25) is 0 Å². The van der Waals surface area contributed by atoms with Crippen LogP contribution in [0.15, 0.2) is 24.3 Å². The zero-order valence-corrected chi connectivity index (χ0v) is 22.8. The SMILES string of the molecule is CC(C)CC(C(=O)NC(CC1CCNC1=O)C(=O)c1nc2ccccc2s1)N(C(=O)O)C1COC2OCCC21. The van der Waals surface area contributed by atoms with Crippen LogP contribution in [0.25, 0.3) is 10.2 Å². The summed E-state index contributed by atoms with van der Waals surface area (Å²) in [7, 11) is 0. The Labute approximate surface area is 230 Å². The van der Waals surface area contributed by atoms with Crippen LogP contribution in [0.5, 0.6) is 0 Å². The molecule has 3 N–H and O–H groups in total. The number of Topliss-reactive ketones (excluding diaryl/α,β-unsaturated/α-hetero) is 1. The normalized spacial score (nSPS) is 25.9. The number of para-hydroxylation sites is 1. The summed E-state index contributed by atoms with van der Waals surface area (Å²) >= 11 is 1.23. The highest BCUT2D eigenvalue weighted by Gasteiger charge is 2.49. The van der Waals surface area contributed by atoms with Crippen LogP contribution in [0, 0.1) is 17.8 Å². The van der Waals surface area contributed by atoms with Crippen molar-refractivity contribution in [2.45, 2.75) is 63.9 Å². The van der Waals surface area contributed by atoms with Crippen LogP contribution in [-0.2, 0) is 19.1 Å². The third-order valence-corrected chi connectivity index (χ3v) is 8.79. The Balaban J connectivity index is 1.42. The average molecular weight is 559 g/mol. The summed E-state index contributed by atoms with van der Waals surface area (Å²) in [6.45, 7) is 4.95. The number of rotatable bonds is 10. The molecule has 6 atom stereocenters. The lowest BCUT2D eigenvalue weighted by atomic mass is 9.93. The largest absolute Gasteiger partial charge is 0.465 e. The van der Waals surface area contributed by atoms with Crippen molar-refractivity contribution in [1.29, 1.82) is 0 Å². The lowest BCUT2D eigenvalue weighted by Gasteiger charge is -2.36. The molecule has 1 aromatic carbocycles. The summed E-state index contributed by atoms with van der Waals surface area (Å²) in [5.74, 6) is -1.71. The molecule has 12 heteroatoms. The number of carbonyl (C=O) groups excluding carboxylic acids is 3. The van der Waals surface area contributed by atoms with E-state index < -0.39 is 42.3 Å². The van der Waals surface area contributed by atoms with Gasteiger partial charge >= 0.3 is 6.09 Å². The third kappa shape index (κ3) is 5.78. The smallest absolute Gasteiger partial charge is 0.408 e. The summed E-state index contributed by atoms with van der Waals surface area (Å²) < 4.78 is 12.1. The maximum Gasteiger partial charge on any atom is 0.408 e. The number of aromatic nitrogens is 1. The predicted molar refractivity (Wildman–Crippen MR) is 142 cm³/mol. The highest BCUT2D eigenvalue weighted by Crippen LogP contribution is 2.36. The van der Waals surface area contributed by atoms with E-state index in [-0.39, 0.29) is 48.0 Å². The summed E-state index contributed by atoms with van der Waals surface area (Å²) in [6, 6.07) is 4.77. The third-order valence-electron chi connectivity index (χ3n) is 7.74. The molecule has 0 aliphatic carbocycles. The van der Waals surface area contributed by atoms with Crippen molar-refractivity contribution in [2.75, 3.05) is 19.8 Å². The first kappa shape index (κ1) is 27.5. The molecule has 6 unspecified atom stereocenters. The molecule has 2 aromatic rings. The van der Waals surface area contributed by atoms with E-state index in [0.717, 1.165) is 4.70 Å². The molecule has 210 valence electrons. The van der Waals surface area contributed by atoms with E-state index in [4.69, 9.17) is 9.47 Å². The van der Waals surface area contributed by atoms with Gasteiger partial charge in [-0.2, -0.15) is 0 Å². The number of amides is 3. The number of carboxylic acid groups (broad SMARTS) is 1. The van der Waals surface area contributed by atoms with Crippen molar-refractivity contribution >= 4 is 45.2 Å². The lowest BCUT2D eigenvalue weighted by Crippen LogP contribution is -2.58. The van der Waals surface area contributed by atoms with Crippen LogP contribution in [0.1, 0.15) is 49.3 Å². The van der Waals surface area contributed by atoms with Gasteiger partial charge in [0.2, 0.25) is 17.6 Å². The van der Waals surface area contributed by atoms with Crippen LogP contribution in [-0.4, -0.2) is 82.9 Å². The molecule has 0 radical (unpaired) electrons. The maximum atomic E-state index is 13.9. The minimum Gasteiger partial charge on any atom is -0.465 e. The number of ketones is 1. The highest BCUT2D eigenvalue weighted by molar-refractivity contribution is 7.20. The molecule has 3 aliphatic heterocycles. The van der Waals surface area contributed by atoms with Gasteiger partial charge in [0.15, 0.2) is 11.3 Å². The fourth-order valence-corrected chi connectivity index (χ4v) is 6.77. The second kappa shape index (κ2) is 11.6. The van der Waals surface area contributed by atoms with Gasteiger partial charge in [0, 0.05) is 18.4 Å². The van der Waals surface area contributed by atoms with E-state index >= 15 is 0 Å². The molecule has 4 heterocycles. The summed E-state index contributed by atoms with van der Waals surface area (Å²) in [5, 5.41) is 16.1. The second-order valence-corrected chi connectivity index (χ2v) is 11.9. The number of hydrogen-bond acceptors (Lipinski definition) is 8. The highest BCUT2D eigenvalue weighted by atomic mass is 32.1. The number of benzene rings is 1. The quantitative estimate of drug-likeness (QED) is 0.377. The fourth-order valence-electron chi connectivity index (χ4n) is 5.81. The van der Waals surface area contributed by atoms with Crippen molar-refractivity contribution in [3.8, 4) is 0 Å². The number of thiazole rings is 1. The van der Waals surface area contributed by atoms with Crippen molar-refractivity contribution in [3.05, 3.63) is 29.3 Å². The van der Waals surface area contributed by atoms with Gasteiger partial charge in [0.05, 0.1) is 35.5 Å². The zero-order chi connectivity index (χ0) is 27.7. The van der Waals surface area contributed by atoms with E-state index in [9.17, 15) is 24.3 Å². The maximum absolute atomic E-state index is 13.9. The van der Waals surface area contributed by atoms with Crippen LogP contribution in [0.4, 0.5) is 4.79 Å². The van der Waals surface area contributed by atoms with Crippen LogP contribution >= 0.6 is 11.3 Å². The summed E-state index contributed by atoms with van der Waals surface area (Å²) in [5.41, 5.74) is 0.679. The zero-order valence-electron chi connectivity index (χ0n) is 22.0. The van der Waals surface area contributed by atoms with Crippen LogP contribution in [0.3, 0.4) is 0 Å². The average Bonchev–Trinajstić information content (AvgIpc) is 3.68. The number of carbonyl (C=O) groups is 4. The van der Waals surface area contributed by atoms with E-state index in [0.29, 0.717) is 31.5 Å². The van der Waals surface area contributed by atoms with E-state index in [2.05, 4.69) is 15.6 Å². The molecule has 0 spiro atoms. The van der Waals surface area contributed by atoms with Gasteiger partial charge in [-0.25, -0.2) is 9.78 Å². The summed E-state index contributed by atoms with van der Waals surface area (Å²) in [4.78, 5) is 58.3. The van der Waals surface area contributed by atoms with E-state index in [1.807, 2.05) is 38.1 Å². The Bertz CT molecular complexity index is 1220. The van der Waals surface area contributed by atoms with E-state index in [1.165, 1.54) is 16.2 Å². The standard InChI is InChI=1S/C27H34N4O7S/c1-14(2)11-19(31(27(35)36)20-13-38-26-16(20)8-10-37-26)24(34)29-18(12-15-7-9-28-23(15)33)22(32)25-30-17-5-3-4-6-21(17)39-25/h3-6,14-16,18-20,26H,7-13H2,1-2H3,(H,28,33)(H,29,34)(H,35,36). The predicted octanol–water partition coefficient (Wildman–Crippen LogP) is 2.65. The van der Waals surface area contributed by atoms with Gasteiger partial charge in [-0.15, -0.1) is 11.3 Å². The number of ether oxygens (including phenoxy) is 2. The van der Waals surface area contributed by atoms with Crippen molar-refractivity contribution in [1.82, 2.24) is 20.5 Å². The Hall–Kier alpha value is -3.09. The lowest BCUT2D eigenvalue weighted by molar-refractivity contribution is -0.129. The van der Waals surface area contributed by atoms with E-state index in [1.54, 1.807) is 0 Å². The molecule has 3 fully saturated rings. The molecule has 39 heavy (non-hydrogen) atoms. The molecule has 3 aliphatic rings. The molecule has 0 bridgehead atoms. The molecular weight excluding hydrogens is 524 g/mol. The Morgan fingerprint density at radius 3 is 2.72 bits per heavy atom. The molecule has 3 saturated heterocycles. The molecule has 3 amide bonds. The fraction of sp³-hybridized carbons (Fsp3) is 0.593. The van der Waals surface area contributed by atoms with Crippen molar-refractivity contribution < 1.29 is 33.8 Å². The van der Waals surface area contributed by atoms with Crippen molar-refractivity contribution in [2.24, 2.45) is 17.8 Å². The Morgan fingerprint density at radius 1 is 1.23 bits per heavy atom.